The smallest absolute Gasteiger partial charge is 0.121 e. The summed E-state index contributed by atoms with van der Waals surface area (Å²) >= 11 is 6.04. The van der Waals surface area contributed by atoms with Crippen LogP contribution in [0.15, 0.2) is 42.6 Å². The van der Waals surface area contributed by atoms with E-state index in [1.54, 1.807) is 24.4 Å². The predicted molar refractivity (Wildman–Crippen MR) is 72.6 cm³/mol. The van der Waals surface area contributed by atoms with Crippen LogP contribution in [0.5, 0.6) is 5.75 Å². The summed E-state index contributed by atoms with van der Waals surface area (Å²) in [4.78, 5) is 4.28. The first-order valence-electron chi connectivity index (χ1n) is 5.79. The Balaban J connectivity index is 2.04. The lowest BCUT2D eigenvalue weighted by molar-refractivity contribution is 0.459. The average molecular weight is 263 g/mol. The highest BCUT2D eigenvalue weighted by molar-refractivity contribution is 6.31. The predicted octanol–water partition coefficient (Wildman–Crippen LogP) is 3.29. The molecule has 0 saturated heterocycles. The van der Waals surface area contributed by atoms with Crippen molar-refractivity contribution in [2.45, 2.75) is 19.5 Å². The second-order valence-electron chi connectivity index (χ2n) is 4.09. The van der Waals surface area contributed by atoms with Crippen LogP contribution >= 0.6 is 11.6 Å². The Kier molecular flexibility index (Phi) is 4.18. The normalized spacial score (nSPS) is 12.3. The van der Waals surface area contributed by atoms with Crippen molar-refractivity contribution in [1.29, 1.82) is 0 Å². The first kappa shape index (κ1) is 12.9. The molecule has 1 heterocycles. The highest BCUT2D eigenvalue weighted by Crippen LogP contribution is 2.25. The molecule has 18 heavy (non-hydrogen) atoms. The molecule has 0 radical (unpaired) electrons. The molecule has 94 valence electrons. The number of nitrogens with one attached hydrogen (secondary N) is 1. The Morgan fingerprint density at radius 3 is 2.78 bits per heavy atom. The number of nitrogens with zero attached hydrogens (tertiary/aromatic N) is 1. The molecule has 0 aliphatic rings. The van der Waals surface area contributed by atoms with Crippen molar-refractivity contribution in [1.82, 2.24) is 10.3 Å². The highest BCUT2D eigenvalue weighted by atomic mass is 35.5. The van der Waals surface area contributed by atoms with E-state index in [0.717, 1.165) is 5.69 Å². The molecule has 2 N–H and O–H groups in total. The van der Waals surface area contributed by atoms with E-state index in [-0.39, 0.29) is 11.8 Å². The van der Waals surface area contributed by atoms with Gasteiger partial charge in [-0.1, -0.05) is 23.7 Å². The molecule has 0 fully saturated rings. The van der Waals surface area contributed by atoms with Gasteiger partial charge in [0.1, 0.15) is 5.75 Å². The SMILES string of the molecule is C[C@@H](NCc1c(O)cccc1Cl)c1ccccn1. The van der Waals surface area contributed by atoms with Crippen LogP contribution in [-0.2, 0) is 6.54 Å². The summed E-state index contributed by atoms with van der Waals surface area (Å²) in [5, 5.41) is 13.6. The second-order valence-corrected chi connectivity index (χ2v) is 4.50. The molecule has 0 saturated carbocycles. The van der Waals surface area contributed by atoms with Crippen molar-refractivity contribution in [3.8, 4) is 5.75 Å². The third-order valence-corrected chi connectivity index (χ3v) is 3.16. The molecular formula is C14H15ClN2O. The van der Waals surface area contributed by atoms with Crippen molar-refractivity contribution >= 4 is 11.6 Å². The first-order valence-corrected chi connectivity index (χ1v) is 6.17. The summed E-state index contributed by atoms with van der Waals surface area (Å²) < 4.78 is 0. The van der Waals surface area contributed by atoms with Crippen molar-refractivity contribution in [3.05, 3.63) is 58.9 Å². The summed E-state index contributed by atoms with van der Waals surface area (Å²) in [5.74, 6) is 0.211. The number of aromatic nitrogens is 1. The molecule has 1 atom stereocenters. The standard InChI is InChI=1S/C14H15ClN2O/c1-10(13-6-2-3-8-16-13)17-9-11-12(15)5-4-7-14(11)18/h2-8,10,17-18H,9H2,1H3/t10-/m1/s1. The van der Waals surface area contributed by atoms with Gasteiger partial charge in [-0.3, -0.25) is 4.98 Å². The van der Waals surface area contributed by atoms with Crippen LogP contribution in [0.1, 0.15) is 24.2 Å². The molecule has 4 heteroatoms. The Bertz CT molecular complexity index is 496. The molecule has 0 bridgehead atoms. The number of phenolic OH excluding ortho intramolecular Hbond substituents is 1. The number of pyridine rings is 1. The van der Waals surface area contributed by atoms with E-state index >= 15 is 0 Å². The maximum Gasteiger partial charge on any atom is 0.121 e. The molecule has 0 amide bonds. The first-order chi connectivity index (χ1) is 8.68. The summed E-state index contributed by atoms with van der Waals surface area (Å²) in [6, 6.07) is 11.0. The fraction of sp³-hybridized carbons (Fsp3) is 0.214. The third kappa shape index (κ3) is 3.00. The molecule has 0 aliphatic carbocycles. The number of benzene rings is 1. The average Bonchev–Trinajstić information content (AvgIpc) is 2.39. The zero-order valence-electron chi connectivity index (χ0n) is 10.1. The van der Waals surface area contributed by atoms with E-state index in [1.165, 1.54) is 0 Å². The van der Waals surface area contributed by atoms with Crippen molar-refractivity contribution in [2.75, 3.05) is 0 Å². The molecule has 0 unspecified atom stereocenters. The van der Waals surface area contributed by atoms with Gasteiger partial charge in [0.15, 0.2) is 0 Å². The fourth-order valence-corrected chi connectivity index (χ4v) is 1.95. The molecule has 2 aromatic rings. The zero-order valence-corrected chi connectivity index (χ0v) is 10.9. The zero-order chi connectivity index (χ0) is 13.0. The lowest BCUT2D eigenvalue weighted by Crippen LogP contribution is -2.19. The van der Waals surface area contributed by atoms with Gasteiger partial charge in [0.05, 0.1) is 5.69 Å². The Labute approximate surface area is 111 Å². The summed E-state index contributed by atoms with van der Waals surface area (Å²) in [5.41, 5.74) is 1.67. The van der Waals surface area contributed by atoms with E-state index in [0.29, 0.717) is 17.1 Å². The van der Waals surface area contributed by atoms with E-state index in [1.807, 2.05) is 25.1 Å². The fourth-order valence-electron chi connectivity index (χ4n) is 1.71. The highest BCUT2D eigenvalue weighted by Gasteiger charge is 2.09. The number of hydrogen-bond acceptors (Lipinski definition) is 3. The minimum atomic E-state index is 0.0990. The molecule has 0 spiro atoms. The minimum Gasteiger partial charge on any atom is -0.508 e. The summed E-state index contributed by atoms with van der Waals surface area (Å²) in [6.45, 7) is 2.53. The van der Waals surface area contributed by atoms with Crippen molar-refractivity contribution < 1.29 is 5.11 Å². The number of hydrogen-bond donors (Lipinski definition) is 2. The van der Waals surface area contributed by atoms with Gasteiger partial charge >= 0.3 is 0 Å². The van der Waals surface area contributed by atoms with Gasteiger partial charge in [-0.25, -0.2) is 0 Å². The molecule has 3 nitrogen and oxygen atoms in total. The monoisotopic (exact) mass is 262 g/mol. The van der Waals surface area contributed by atoms with Crippen molar-refractivity contribution in [3.63, 3.8) is 0 Å². The summed E-state index contributed by atoms with van der Waals surface area (Å²) in [7, 11) is 0. The van der Waals surface area contributed by atoms with Crippen LogP contribution in [0, 0.1) is 0 Å². The van der Waals surface area contributed by atoms with E-state index in [9.17, 15) is 5.11 Å². The molecule has 2 rings (SSSR count). The Morgan fingerprint density at radius 1 is 1.28 bits per heavy atom. The van der Waals surface area contributed by atoms with E-state index in [4.69, 9.17) is 11.6 Å². The van der Waals surface area contributed by atoms with Gasteiger partial charge in [0.2, 0.25) is 0 Å². The number of phenols is 1. The lowest BCUT2D eigenvalue weighted by Gasteiger charge is -2.14. The van der Waals surface area contributed by atoms with Gasteiger partial charge in [0.25, 0.3) is 0 Å². The minimum absolute atomic E-state index is 0.0990. The molecule has 1 aromatic heterocycles. The largest absolute Gasteiger partial charge is 0.508 e. The van der Waals surface area contributed by atoms with Crippen LogP contribution in [0.2, 0.25) is 5.02 Å². The molecule has 0 aliphatic heterocycles. The lowest BCUT2D eigenvalue weighted by atomic mass is 10.1. The van der Waals surface area contributed by atoms with Crippen molar-refractivity contribution in [2.24, 2.45) is 0 Å². The van der Waals surface area contributed by atoms with Gasteiger partial charge in [-0.05, 0) is 31.2 Å². The number of halogens is 1. The number of rotatable bonds is 4. The van der Waals surface area contributed by atoms with Gasteiger partial charge < -0.3 is 10.4 Å². The van der Waals surface area contributed by atoms with Crippen LogP contribution in [0.25, 0.3) is 0 Å². The second kappa shape index (κ2) is 5.85. The maximum atomic E-state index is 9.73. The van der Waals surface area contributed by atoms with Gasteiger partial charge in [-0.15, -0.1) is 0 Å². The molecule has 1 aromatic carbocycles. The maximum absolute atomic E-state index is 9.73. The van der Waals surface area contributed by atoms with Crippen LogP contribution in [0.4, 0.5) is 0 Å². The molecular weight excluding hydrogens is 248 g/mol. The Hall–Kier alpha value is -1.58. The van der Waals surface area contributed by atoms with E-state index < -0.39 is 0 Å². The van der Waals surface area contributed by atoms with Gasteiger partial charge in [0, 0.05) is 29.4 Å². The topological polar surface area (TPSA) is 45.1 Å². The van der Waals surface area contributed by atoms with Gasteiger partial charge in [-0.2, -0.15) is 0 Å². The number of aromatic hydroxyl groups is 1. The van der Waals surface area contributed by atoms with Crippen LogP contribution in [-0.4, -0.2) is 10.1 Å². The van der Waals surface area contributed by atoms with Crippen LogP contribution < -0.4 is 5.32 Å². The quantitative estimate of drug-likeness (QED) is 0.889. The third-order valence-electron chi connectivity index (χ3n) is 2.81. The van der Waals surface area contributed by atoms with Crippen LogP contribution in [0.3, 0.4) is 0 Å². The van der Waals surface area contributed by atoms with E-state index in [2.05, 4.69) is 10.3 Å². The summed E-state index contributed by atoms with van der Waals surface area (Å²) in [6.07, 6.45) is 1.76. The Morgan fingerprint density at radius 2 is 2.11 bits per heavy atom.